The van der Waals surface area contributed by atoms with Crippen molar-refractivity contribution in [2.45, 2.75) is 26.2 Å². The predicted octanol–water partition coefficient (Wildman–Crippen LogP) is 5.17. The van der Waals surface area contributed by atoms with Crippen LogP contribution < -0.4 is 10.2 Å². The molecular formula is C23H28N4. The summed E-state index contributed by atoms with van der Waals surface area (Å²) in [6.45, 7) is 4.09. The Bertz CT molecular complexity index is 818. The highest BCUT2D eigenvalue weighted by Gasteiger charge is 2.05. The van der Waals surface area contributed by atoms with Crippen LogP contribution in [0.25, 0.3) is 11.3 Å². The van der Waals surface area contributed by atoms with E-state index in [4.69, 9.17) is 0 Å². The molecular weight excluding hydrogens is 332 g/mol. The molecule has 4 nitrogen and oxygen atoms in total. The topological polar surface area (TPSA) is 41.0 Å². The monoisotopic (exact) mass is 360 g/mol. The van der Waals surface area contributed by atoms with Gasteiger partial charge in [-0.1, -0.05) is 48.5 Å². The molecule has 2 aromatic carbocycles. The van der Waals surface area contributed by atoms with Gasteiger partial charge in [0.15, 0.2) is 0 Å². The van der Waals surface area contributed by atoms with Crippen LogP contribution in [0.2, 0.25) is 0 Å². The molecule has 140 valence electrons. The Hall–Kier alpha value is -2.88. The highest BCUT2D eigenvalue weighted by atomic mass is 15.2. The van der Waals surface area contributed by atoms with E-state index in [0.29, 0.717) is 0 Å². The molecule has 0 atom stereocenters. The van der Waals surface area contributed by atoms with Crippen molar-refractivity contribution in [1.82, 2.24) is 10.2 Å². The predicted molar refractivity (Wildman–Crippen MR) is 114 cm³/mol. The van der Waals surface area contributed by atoms with Gasteiger partial charge in [-0.25, -0.2) is 0 Å². The fourth-order valence-corrected chi connectivity index (χ4v) is 3.13. The SMILES string of the molecule is Cc1cc(NCCCCCN(C)c2ccccc2)nnc1-c1ccccc1. The molecule has 3 aromatic rings. The molecule has 3 rings (SSSR count). The fraction of sp³-hybridized carbons (Fsp3) is 0.304. The Balaban J connectivity index is 1.39. The second kappa shape index (κ2) is 9.72. The maximum atomic E-state index is 4.40. The van der Waals surface area contributed by atoms with Crippen molar-refractivity contribution in [3.05, 3.63) is 72.3 Å². The lowest BCUT2D eigenvalue weighted by molar-refractivity contribution is 0.688. The second-order valence-corrected chi connectivity index (χ2v) is 6.87. The maximum absolute atomic E-state index is 4.40. The first-order valence-electron chi connectivity index (χ1n) is 9.64. The van der Waals surface area contributed by atoms with Crippen LogP contribution in [0.5, 0.6) is 0 Å². The van der Waals surface area contributed by atoms with Crippen molar-refractivity contribution in [2.75, 3.05) is 30.4 Å². The average Bonchev–Trinajstić information content (AvgIpc) is 2.72. The largest absolute Gasteiger partial charge is 0.375 e. The molecule has 0 aliphatic heterocycles. The number of unbranched alkanes of at least 4 members (excludes halogenated alkanes) is 2. The minimum Gasteiger partial charge on any atom is -0.375 e. The second-order valence-electron chi connectivity index (χ2n) is 6.87. The molecule has 0 bridgehead atoms. The van der Waals surface area contributed by atoms with Gasteiger partial charge in [0.05, 0.1) is 5.69 Å². The van der Waals surface area contributed by atoms with E-state index >= 15 is 0 Å². The van der Waals surface area contributed by atoms with E-state index in [1.165, 1.54) is 18.5 Å². The van der Waals surface area contributed by atoms with E-state index < -0.39 is 0 Å². The summed E-state index contributed by atoms with van der Waals surface area (Å²) in [6, 6.07) is 22.8. The number of rotatable bonds is 9. The zero-order valence-electron chi connectivity index (χ0n) is 16.2. The van der Waals surface area contributed by atoms with Crippen LogP contribution >= 0.6 is 0 Å². The van der Waals surface area contributed by atoms with Crippen molar-refractivity contribution >= 4 is 11.5 Å². The van der Waals surface area contributed by atoms with Gasteiger partial charge >= 0.3 is 0 Å². The summed E-state index contributed by atoms with van der Waals surface area (Å²) in [7, 11) is 2.15. The number of anilines is 2. The number of aromatic nitrogens is 2. The van der Waals surface area contributed by atoms with Gasteiger partial charge in [0.1, 0.15) is 5.82 Å². The molecule has 0 radical (unpaired) electrons. The fourth-order valence-electron chi connectivity index (χ4n) is 3.13. The van der Waals surface area contributed by atoms with E-state index in [9.17, 15) is 0 Å². The molecule has 0 aliphatic rings. The smallest absolute Gasteiger partial charge is 0.148 e. The van der Waals surface area contributed by atoms with Gasteiger partial charge in [-0.2, -0.15) is 0 Å². The van der Waals surface area contributed by atoms with E-state index in [2.05, 4.69) is 82.9 Å². The highest BCUT2D eigenvalue weighted by Crippen LogP contribution is 2.21. The summed E-state index contributed by atoms with van der Waals surface area (Å²) >= 11 is 0. The number of hydrogen-bond acceptors (Lipinski definition) is 4. The number of nitrogens with zero attached hydrogens (tertiary/aromatic N) is 3. The van der Waals surface area contributed by atoms with E-state index in [1.807, 2.05) is 18.2 Å². The molecule has 4 heteroatoms. The van der Waals surface area contributed by atoms with Gasteiger partial charge in [-0.3, -0.25) is 0 Å². The third-order valence-corrected chi connectivity index (χ3v) is 4.71. The number of hydrogen-bond donors (Lipinski definition) is 1. The van der Waals surface area contributed by atoms with Crippen LogP contribution in [0.3, 0.4) is 0 Å². The summed E-state index contributed by atoms with van der Waals surface area (Å²) in [5, 5.41) is 12.1. The Morgan fingerprint density at radius 2 is 1.56 bits per heavy atom. The molecule has 0 saturated heterocycles. The minimum atomic E-state index is 0.855. The first kappa shape index (κ1) is 18.9. The third kappa shape index (κ3) is 5.55. The number of benzene rings is 2. The van der Waals surface area contributed by atoms with Crippen molar-refractivity contribution < 1.29 is 0 Å². The first-order valence-corrected chi connectivity index (χ1v) is 9.64. The minimum absolute atomic E-state index is 0.855. The number of para-hydroxylation sites is 1. The van der Waals surface area contributed by atoms with E-state index in [0.717, 1.165) is 42.1 Å². The first-order chi connectivity index (χ1) is 13.2. The zero-order valence-corrected chi connectivity index (χ0v) is 16.2. The molecule has 1 aromatic heterocycles. The molecule has 1 heterocycles. The summed E-state index contributed by atoms with van der Waals surface area (Å²) < 4.78 is 0. The van der Waals surface area contributed by atoms with Crippen LogP contribution in [-0.4, -0.2) is 30.3 Å². The van der Waals surface area contributed by atoms with Crippen LogP contribution in [0.1, 0.15) is 24.8 Å². The number of nitrogens with one attached hydrogen (secondary N) is 1. The Morgan fingerprint density at radius 1 is 0.852 bits per heavy atom. The van der Waals surface area contributed by atoms with Crippen molar-refractivity contribution in [3.63, 3.8) is 0 Å². The van der Waals surface area contributed by atoms with E-state index in [-0.39, 0.29) is 0 Å². The van der Waals surface area contributed by atoms with Gasteiger partial charge < -0.3 is 10.2 Å². The molecule has 0 aliphatic carbocycles. The average molecular weight is 361 g/mol. The number of aryl methyl sites for hydroxylation is 1. The van der Waals surface area contributed by atoms with Gasteiger partial charge in [0.2, 0.25) is 0 Å². The van der Waals surface area contributed by atoms with Crippen LogP contribution in [-0.2, 0) is 0 Å². The lowest BCUT2D eigenvalue weighted by atomic mass is 10.1. The van der Waals surface area contributed by atoms with Crippen LogP contribution in [0.15, 0.2) is 66.7 Å². The van der Waals surface area contributed by atoms with Crippen molar-refractivity contribution in [1.29, 1.82) is 0 Å². The van der Waals surface area contributed by atoms with Crippen LogP contribution in [0, 0.1) is 6.92 Å². The summed E-state index contributed by atoms with van der Waals surface area (Å²) in [5.74, 6) is 0.855. The Labute approximate surface area is 162 Å². The van der Waals surface area contributed by atoms with Crippen LogP contribution in [0.4, 0.5) is 11.5 Å². The van der Waals surface area contributed by atoms with Gasteiger partial charge in [-0.05, 0) is 49.9 Å². The van der Waals surface area contributed by atoms with Gasteiger partial charge in [-0.15, -0.1) is 10.2 Å². The highest BCUT2D eigenvalue weighted by molar-refractivity contribution is 5.63. The summed E-state index contributed by atoms with van der Waals surface area (Å²) in [5.41, 5.74) is 4.48. The lowest BCUT2D eigenvalue weighted by Crippen LogP contribution is -2.18. The standard InChI is InChI=1S/C23H28N4/c1-19-18-22(25-26-23(19)20-12-6-3-7-13-20)24-16-10-5-11-17-27(2)21-14-8-4-9-15-21/h3-4,6-9,12-15,18H,5,10-11,16-17H2,1-2H3,(H,24,25). The zero-order chi connectivity index (χ0) is 18.9. The summed E-state index contributed by atoms with van der Waals surface area (Å²) in [6.07, 6.45) is 3.51. The van der Waals surface area contributed by atoms with Gasteiger partial charge in [0.25, 0.3) is 0 Å². The summed E-state index contributed by atoms with van der Waals surface area (Å²) in [4.78, 5) is 2.31. The van der Waals surface area contributed by atoms with Crippen molar-refractivity contribution in [2.24, 2.45) is 0 Å². The molecule has 0 saturated carbocycles. The maximum Gasteiger partial charge on any atom is 0.148 e. The molecule has 0 unspecified atom stereocenters. The van der Waals surface area contributed by atoms with Gasteiger partial charge in [0, 0.05) is 31.4 Å². The normalized spacial score (nSPS) is 10.6. The molecule has 27 heavy (non-hydrogen) atoms. The molecule has 0 amide bonds. The third-order valence-electron chi connectivity index (χ3n) is 4.71. The quantitative estimate of drug-likeness (QED) is 0.534. The molecule has 0 spiro atoms. The Morgan fingerprint density at radius 3 is 2.26 bits per heavy atom. The molecule has 1 N–H and O–H groups in total. The molecule has 0 fully saturated rings. The lowest BCUT2D eigenvalue weighted by Gasteiger charge is -2.19. The van der Waals surface area contributed by atoms with Crippen molar-refractivity contribution in [3.8, 4) is 11.3 Å². The Kier molecular flexibility index (Phi) is 6.80. The van der Waals surface area contributed by atoms with E-state index in [1.54, 1.807) is 0 Å².